The van der Waals surface area contributed by atoms with E-state index in [1.807, 2.05) is 0 Å². The maximum Gasteiger partial charge on any atom is 0.113 e. The number of hydrogen-bond donors (Lipinski definition) is 10. The van der Waals surface area contributed by atoms with E-state index < -0.39 is 49.3 Å². The maximum atomic E-state index is 10.1. The molecule has 12 heteroatoms. The third-order valence-electron chi connectivity index (χ3n) is 5.36. The minimum atomic E-state index is -1.40. The van der Waals surface area contributed by atoms with E-state index in [1.54, 1.807) is 24.3 Å². The SMILES string of the molecule is NN/C=C(\N)c1ccc([C@H]2OC(CO)[C@@H](O)C(O)C2O)cc1.OCC1CC(O)C(O)CO1. The highest BCUT2D eigenvalue weighted by Gasteiger charge is 2.43. The first-order chi connectivity index (χ1) is 15.2. The molecule has 12 N–H and O–H groups in total. The maximum absolute atomic E-state index is 10.1. The molecule has 2 aliphatic rings. The van der Waals surface area contributed by atoms with Crippen molar-refractivity contribution in [1.82, 2.24) is 5.43 Å². The largest absolute Gasteiger partial charge is 0.397 e. The zero-order valence-corrected chi connectivity index (χ0v) is 17.4. The highest BCUT2D eigenvalue weighted by Crippen LogP contribution is 2.32. The van der Waals surface area contributed by atoms with Gasteiger partial charge in [0.2, 0.25) is 0 Å². The lowest BCUT2D eigenvalue weighted by Crippen LogP contribution is -2.55. The van der Waals surface area contributed by atoms with Gasteiger partial charge in [-0.15, -0.1) is 0 Å². The van der Waals surface area contributed by atoms with E-state index in [2.05, 4.69) is 5.43 Å². The number of hydrogen-bond acceptors (Lipinski definition) is 12. The number of aliphatic hydroxyl groups is 7. The summed E-state index contributed by atoms with van der Waals surface area (Å²) in [5.41, 5.74) is 9.85. The van der Waals surface area contributed by atoms with Gasteiger partial charge in [-0.25, -0.2) is 0 Å². The van der Waals surface area contributed by atoms with Gasteiger partial charge in [0.1, 0.15) is 36.6 Å². The fourth-order valence-electron chi connectivity index (χ4n) is 3.38. The van der Waals surface area contributed by atoms with Crippen molar-refractivity contribution in [3.05, 3.63) is 41.6 Å². The van der Waals surface area contributed by atoms with Crippen molar-refractivity contribution in [1.29, 1.82) is 0 Å². The predicted octanol–water partition coefficient (Wildman–Crippen LogP) is -3.59. The summed E-state index contributed by atoms with van der Waals surface area (Å²) >= 11 is 0. The van der Waals surface area contributed by atoms with Crippen LogP contribution in [0.25, 0.3) is 5.70 Å². The van der Waals surface area contributed by atoms with Crippen LogP contribution in [-0.2, 0) is 9.47 Å². The first-order valence-corrected chi connectivity index (χ1v) is 10.1. The van der Waals surface area contributed by atoms with Gasteiger partial charge in [-0.3, -0.25) is 5.84 Å². The van der Waals surface area contributed by atoms with E-state index >= 15 is 0 Å². The van der Waals surface area contributed by atoms with Gasteiger partial charge in [0, 0.05) is 12.6 Å². The number of nitrogens with one attached hydrogen (secondary N) is 1. The Morgan fingerprint density at radius 1 is 0.969 bits per heavy atom. The Morgan fingerprint density at radius 2 is 1.62 bits per heavy atom. The lowest BCUT2D eigenvalue weighted by atomic mass is 9.91. The zero-order valence-electron chi connectivity index (χ0n) is 17.4. The average molecular weight is 459 g/mol. The molecule has 0 aromatic heterocycles. The molecule has 0 spiro atoms. The second kappa shape index (κ2) is 12.4. The summed E-state index contributed by atoms with van der Waals surface area (Å²) in [6.07, 6.45) is -5.96. The van der Waals surface area contributed by atoms with Crippen LogP contribution in [0.3, 0.4) is 0 Å². The highest BCUT2D eigenvalue weighted by atomic mass is 16.5. The van der Waals surface area contributed by atoms with Gasteiger partial charge in [0.25, 0.3) is 0 Å². The van der Waals surface area contributed by atoms with Crippen molar-refractivity contribution < 1.29 is 45.2 Å². The number of hydrazine groups is 1. The zero-order chi connectivity index (χ0) is 23.8. The summed E-state index contributed by atoms with van der Waals surface area (Å²) < 4.78 is 10.4. The van der Waals surface area contributed by atoms with Gasteiger partial charge in [0.15, 0.2) is 0 Å². The summed E-state index contributed by atoms with van der Waals surface area (Å²) in [6.45, 7) is -0.437. The summed E-state index contributed by atoms with van der Waals surface area (Å²) in [5, 5.41) is 65.4. The molecule has 0 radical (unpaired) electrons. The molecule has 0 bridgehead atoms. The molecule has 6 unspecified atom stereocenters. The molecular formula is C20H33N3O9. The van der Waals surface area contributed by atoms with Crippen LogP contribution in [0.5, 0.6) is 0 Å². The lowest BCUT2D eigenvalue weighted by Gasteiger charge is -2.40. The second-order valence-corrected chi connectivity index (χ2v) is 7.65. The highest BCUT2D eigenvalue weighted by molar-refractivity contribution is 5.62. The van der Waals surface area contributed by atoms with Crippen LogP contribution < -0.4 is 17.0 Å². The number of ether oxygens (including phenoxy) is 2. The Labute approximate surface area is 185 Å². The third kappa shape index (κ3) is 6.59. The lowest BCUT2D eigenvalue weighted by molar-refractivity contribution is -0.231. The van der Waals surface area contributed by atoms with Crippen molar-refractivity contribution in [2.75, 3.05) is 19.8 Å². The standard InChI is InChI=1S/C14H21N3O5.C6H12O4/c15-9(5-17-16)7-1-3-8(4-2-7)14-13(21)12(20)11(19)10(6-18)22-14;7-2-4-1-5(8)6(9)3-10-4/h1-5,10-14,17-21H,6,15-16H2;4-9H,1-3H2/b9-5-;/t10?,11-,12?,13?,14-;/m1./s1. The van der Waals surface area contributed by atoms with Gasteiger partial charge >= 0.3 is 0 Å². The van der Waals surface area contributed by atoms with Crippen molar-refractivity contribution in [3.8, 4) is 0 Å². The van der Waals surface area contributed by atoms with E-state index in [0.717, 1.165) is 0 Å². The first kappa shape index (κ1) is 26.4. The summed E-state index contributed by atoms with van der Waals surface area (Å²) in [4.78, 5) is 0. The van der Waals surface area contributed by atoms with Crippen LogP contribution in [0.1, 0.15) is 23.7 Å². The van der Waals surface area contributed by atoms with E-state index in [1.165, 1.54) is 6.20 Å². The molecule has 8 atom stereocenters. The fraction of sp³-hybridized carbons (Fsp3) is 0.600. The molecular weight excluding hydrogens is 426 g/mol. The topological polar surface area (TPSA) is 224 Å². The Hall–Kier alpha value is -1.84. The van der Waals surface area contributed by atoms with Crippen LogP contribution >= 0.6 is 0 Å². The van der Waals surface area contributed by atoms with Crippen LogP contribution in [0.4, 0.5) is 0 Å². The average Bonchev–Trinajstić information content (AvgIpc) is 2.80. The van der Waals surface area contributed by atoms with Gasteiger partial charge in [-0.1, -0.05) is 24.3 Å². The molecule has 2 heterocycles. The van der Waals surface area contributed by atoms with E-state index in [0.29, 0.717) is 23.2 Å². The molecule has 2 saturated heterocycles. The smallest absolute Gasteiger partial charge is 0.113 e. The minimum absolute atomic E-state index is 0.0935. The molecule has 182 valence electrons. The van der Waals surface area contributed by atoms with E-state index in [-0.39, 0.29) is 19.3 Å². The molecule has 32 heavy (non-hydrogen) atoms. The van der Waals surface area contributed by atoms with Crippen molar-refractivity contribution >= 4 is 5.70 Å². The predicted molar refractivity (Wildman–Crippen MR) is 112 cm³/mol. The van der Waals surface area contributed by atoms with Gasteiger partial charge in [0.05, 0.1) is 37.7 Å². The number of nitrogens with two attached hydrogens (primary N) is 2. The van der Waals surface area contributed by atoms with Crippen molar-refractivity contribution in [3.63, 3.8) is 0 Å². The Bertz CT molecular complexity index is 719. The molecule has 1 aromatic rings. The first-order valence-electron chi connectivity index (χ1n) is 10.1. The van der Waals surface area contributed by atoms with Gasteiger partial charge in [-0.2, -0.15) is 0 Å². The molecule has 3 rings (SSSR count). The van der Waals surface area contributed by atoms with Crippen molar-refractivity contribution in [2.45, 2.75) is 55.3 Å². The van der Waals surface area contributed by atoms with Gasteiger partial charge < -0.3 is 56.4 Å². The molecule has 1 aromatic carbocycles. The molecule has 0 saturated carbocycles. The van der Waals surface area contributed by atoms with Crippen LogP contribution in [0, 0.1) is 0 Å². The van der Waals surface area contributed by atoms with E-state index in [4.69, 9.17) is 36.4 Å². The fourth-order valence-corrected chi connectivity index (χ4v) is 3.38. The summed E-state index contributed by atoms with van der Waals surface area (Å²) in [7, 11) is 0. The molecule has 2 aliphatic heterocycles. The van der Waals surface area contributed by atoms with Gasteiger partial charge in [-0.05, 0) is 11.1 Å². The Balaban J connectivity index is 0.000000303. The third-order valence-corrected chi connectivity index (χ3v) is 5.36. The summed E-state index contributed by atoms with van der Waals surface area (Å²) in [5.74, 6) is 5.16. The van der Waals surface area contributed by atoms with Crippen LogP contribution in [0.15, 0.2) is 30.5 Å². The molecule has 0 amide bonds. The number of aliphatic hydroxyl groups excluding tert-OH is 7. The molecule has 0 aliphatic carbocycles. The quantitative estimate of drug-likeness (QED) is 0.152. The van der Waals surface area contributed by atoms with Crippen LogP contribution in [0.2, 0.25) is 0 Å². The normalized spacial score (nSPS) is 35.6. The van der Waals surface area contributed by atoms with E-state index in [9.17, 15) is 20.4 Å². The van der Waals surface area contributed by atoms with Crippen molar-refractivity contribution in [2.24, 2.45) is 11.6 Å². The van der Waals surface area contributed by atoms with Crippen LogP contribution in [-0.4, -0.2) is 98.3 Å². The second-order valence-electron chi connectivity index (χ2n) is 7.65. The summed E-state index contributed by atoms with van der Waals surface area (Å²) in [6, 6.07) is 6.78. The number of rotatable bonds is 5. The molecule has 12 nitrogen and oxygen atoms in total. The minimum Gasteiger partial charge on any atom is -0.397 e. The Kier molecular flexibility index (Phi) is 10.2. The Morgan fingerprint density at radius 3 is 2.16 bits per heavy atom. The number of benzene rings is 1. The molecule has 2 fully saturated rings. The monoisotopic (exact) mass is 459 g/mol.